The standard InChI is InChI=1S/C8H11NO3/c1-11-7-4-3-6(9-10)5-8(7)12-2/h3-5,9-10H,1-2H3. The van der Waals surface area contributed by atoms with Gasteiger partial charge in [-0.15, -0.1) is 0 Å². The Morgan fingerprint density at radius 2 is 1.83 bits per heavy atom. The largest absolute Gasteiger partial charge is 0.493 e. The fourth-order valence-corrected chi connectivity index (χ4v) is 0.906. The Bertz CT molecular complexity index is 262. The van der Waals surface area contributed by atoms with Crippen LogP contribution in [0.15, 0.2) is 18.2 Å². The van der Waals surface area contributed by atoms with E-state index >= 15 is 0 Å². The van der Waals surface area contributed by atoms with Crippen LogP contribution in [0.1, 0.15) is 0 Å². The minimum atomic E-state index is 0.563. The highest BCUT2D eigenvalue weighted by molar-refractivity contribution is 5.53. The molecule has 2 N–H and O–H groups in total. The second-order valence-corrected chi connectivity index (χ2v) is 2.18. The van der Waals surface area contributed by atoms with E-state index in [-0.39, 0.29) is 0 Å². The topological polar surface area (TPSA) is 50.7 Å². The van der Waals surface area contributed by atoms with Crippen LogP contribution >= 0.6 is 0 Å². The summed E-state index contributed by atoms with van der Waals surface area (Å²) in [5.41, 5.74) is 2.58. The van der Waals surface area contributed by atoms with Gasteiger partial charge in [0.1, 0.15) is 0 Å². The molecule has 0 saturated heterocycles. The van der Waals surface area contributed by atoms with Gasteiger partial charge in [-0.3, -0.25) is 10.7 Å². The third-order valence-electron chi connectivity index (χ3n) is 1.51. The lowest BCUT2D eigenvalue weighted by atomic mass is 10.3. The Kier molecular flexibility index (Phi) is 2.76. The number of nitrogens with one attached hydrogen (secondary N) is 1. The summed E-state index contributed by atoms with van der Waals surface area (Å²) in [6.45, 7) is 0. The number of benzene rings is 1. The quantitative estimate of drug-likeness (QED) is 0.673. The first-order valence-corrected chi connectivity index (χ1v) is 3.44. The van der Waals surface area contributed by atoms with Crippen LogP contribution in [0.4, 0.5) is 5.69 Å². The minimum absolute atomic E-state index is 0.563. The average Bonchev–Trinajstić information content (AvgIpc) is 2.16. The molecule has 1 rings (SSSR count). The molecule has 4 nitrogen and oxygen atoms in total. The molecule has 0 radical (unpaired) electrons. The van der Waals surface area contributed by atoms with Gasteiger partial charge in [0, 0.05) is 6.07 Å². The molecule has 0 spiro atoms. The number of anilines is 1. The van der Waals surface area contributed by atoms with E-state index in [1.165, 1.54) is 0 Å². The van der Waals surface area contributed by atoms with Crippen molar-refractivity contribution in [3.63, 3.8) is 0 Å². The summed E-state index contributed by atoms with van der Waals surface area (Å²) in [5, 5.41) is 8.57. The van der Waals surface area contributed by atoms with Gasteiger partial charge < -0.3 is 9.47 Å². The second kappa shape index (κ2) is 3.82. The molecule has 66 valence electrons. The predicted octanol–water partition coefficient (Wildman–Crippen LogP) is 1.50. The van der Waals surface area contributed by atoms with Gasteiger partial charge in [0.2, 0.25) is 0 Å². The van der Waals surface area contributed by atoms with Gasteiger partial charge in [0.25, 0.3) is 0 Å². The second-order valence-electron chi connectivity index (χ2n) is 2.18. The normalized spacial score (nSPS) is 9.25. The van der Waals surface area contributed by atoms with Crippen molar-refractivity contribution < 1.29 is 14.7 Å². The average molecular weight is 169 g/mol. The van der Waals surface area contributed by atoms with E-state index in [2.05, 4.69) is 0 Å². The van der Waals surface area contributed by atoms with E-state index < -0.39 is 0 Å². The van der Waals surface area contributed by atoms with E-state index in [0.717, 1.165) is 0 Å². The maximum Gasteiger partial charge on any atom is 0.162 e. The fourth-order valence-electron chi connectivity index (χ4n) is 0.906. The number of rotatable bonds is 3. The molecule has 0 heterocycles. The molecule has 4 heteroatoms. The Labute approximate surface area is 70.7 Å². The van der Waals surface area contributed by atoms with Crippen LogP contribution < -0.4 is 15.0 Å². The molecule has 1 aromatic rings. The van der Waals surface area contributed by atoms with Gasteiger partial charge >= 0.3 is 0 Å². The van der Waals surface area contributed by atoms with Crippen molar-refractivity contribution in [3.05, 3.63) is 18.2 Å². The van der Waals surface area contributed by atoms with Gasteiger partial charge in [-0.1, -0.05) is 0 Å². The van der Waals surface area contributed by atoms with Crippen LogP contribution in [0, 0.1) is 0 Å². The summed E-state index contributed by atoms with van der Waals surface area (Å²) in [6, 6.07) is 5.03. The van der Waals surface area contributed by atoms with Crippen molar-refractivity contribution in [1.82, 2.24) is 0 Å². The van der Waals surface area contributed by atoms with Gasteiger partial charge in [-0.05, 0) is 12.1 Å². The van der Waals surface area contributed by atoms with Crippen molar-refractivity contribution in [2.75, 3.05) is 19.7 Å². The number of hydrogen-bond acceptors (Lipinski definition) is 4. The summed E-state index contributed by atoms with van der Waals surface area (Å²) >= 11 is 0. The highest BCUT2D eigenvalue weighted by Crippen LogP contribution is 2.29. The van der Waals surface area contributed by atoms with Crippen LogP contribution in [0.5, 0.6) is 11.5 Å². The molecule has 0 aliphatic rings. The zero-order chi connectivity index (χ0) is 8.97. The molecular weight excluding hydrogens is 158 g/mol. The van der Waals surface area contributed by atoms with Crippen molar-refractivity contribution in [2.45, 2.75) is 0 Å². The smallest absolute Gasteiger partial charge is 0.162 e. The van der Waals surface area contributed by atoms with E-state index in [1.807, 2.05) is 5.48 Å². The molecule has 12 heavy (non-hydrogen) atoms. The molecule has 0 unspecified atom stereocenters. The van der Waals surface area contributed by atoms with E-state index in [4.69, 9.17) is 14.7 Å². The summed E-state index contributed by atoms with van der Waals surface area (Å²) in [5.74, 6) is 1.22. The molecule has 0 amide bonds. The van der Waals surface area contributed by atoms with E-state index in [9.17, 15) is 0 Å². The summed E-state index contributed by atoms with van der Waals surface area (Å²) in [6.07, 6.45) is 0. The first-order valence-electron chi connectivity index (χ1n) is 3.44. The molecule has 0 aromatic heterocycles. The van der Waals surface area contributed by atoms with Crippen LogP contribution in [0.25, 0.3) is 0 Å². The summed E-state index contributed by atoms with van der Waals surface area (Å²) in [7, 11) is 3.10. The number of hydrogen-bond donors (Lipinski definition) is 2. The highest BCUT2D eigenvalue weighted by Gasteiger charge is 2.02. The molecule has 0 aliphatic carbocycles. The van der Waals surface area contributed by atoms with Gasteiger partial charge in [0.05, 0.1) is 19.9 Å². The van der Waals surface area contributed by atoms with Crippen LogP contribution in [-0.4, -0.2) is 19.4 Å². The lowest BCUT2D eigenvalue weighted by Crippen LogP contribution is -1.93. The fraction of sp³-hybridized carbons (Fsp3) is 0.250. The number of ether oxygens (including phenoxy) is 2. The molecule has 0 bridgehead atoms. The van der Waals surface area contributed by atoms with Gasteiger partial charge in [0.15, 0.2) is 11.5 Å². The molecule has 0 aliphatic heterocycles. The Balaban J connectivity index is 3.02. The van der Waals surface area contributed by atoms with Crippen molar-refractivity contribution in [2.24, 2.45) is 0 Å². The summed E-state index contributed by atoms with van der Waals surface area (Å²) in [4.78, 5) is 0. The zero-order valence-corrected chi connectivity index (χ0v) is 7.00. The van der Waals surface area contributed by atoms with Crippen molar-refractivity contribution in [3.8, 4) is 11.5 Å². The molecular formula is C8H11NO3. The maximum absolute atomic E-state index is 8.57. The van der Waals surface area contributed by atoms with Crippen LogP contribution in [0.2, 0.25) is 0 Å². The first kappa shape index (κ1) is 8.67. The monoisotopic (exact) mass is 169 g/mol. The minimum Gasteiger partial charge on any atom is -0.493 e. The highest BCUT2D eigenvalue weighted by atomic mass is 16.5. The van der Waals surface area contributed by atoms with E-state index in [0.29, 0.717) is 17.2 Å². The SMILES string of the molecule is COc1ccc(NO)cc1OC. The van der Waals surface area contributed by atoms with E-state index in [1.54, 1.807) is 32.4 Å². The Morgan fingerprint density at radius 1 is 1.17 bits per heavy atom. The third-order valence-corrected chi connectivity index (χ3v) is 1.51. The lowest BCUT2D eigenvalue weighted by molar-refractivity contribution is 0.353. The van der Waals surface area contributed by atoms with Crippen molar-refractivity contribution >= 4 is 5.69 Å². The molecule has 0 fully saturated rings. The van der Waals surface area contributed by atoms with Gasteiger partial charge in [-0.25, -0.2) is 0 Å². The molecule has 1 aromatic carbocycles. The maximum atomic E-state index is 8.57. The third kappa shape index (κ3) is 1.60. The zero-order valence-electron chi connectivity index (χ0n) is 7.00. The van der Waals surface area contributed by atoms with Crippen LogP contribution in [-0.2, 0) is 0 Å². The number of methoxy groups -OCH3 is 2. The van der Waals surface area contributed by atoms with Gasteiger partial charge in [-0.2, -0.15) is 0 Å². The Hall–Kier alpha value is -1.42. The summed E-state index contributed by atoms with van der Waals surface area (Å²) < 4.78 is 10.0. The first-order chi connectivity index (χ1) is 5.81. The lowest BCUT2D eigenvalue weighted by Gasteiger charge is -2.08. The molecule has 0 saturated carbocycles. The predicted molar refractivity (Wildman–Crippen MR) is 45.0 cm³/mol. The van der Waals surface area contributed by atoms with Crippen molar-refractivity contribution in [1.29, 1.82) is 0 Å². The molecule has 0 atom stereocenters. The van der Waals surface area contributed by atoms with Crippen LogP contribution in [0.3, 0.4) is 0 Å². The Morgan fingerprint density at radius 3 is 2.33 bits per heavy atom.